The average Bonchev–Trinajstić information content (AvgIpc) is 2.54. The number of hydrogen-bond donors (Lipinski definition) is 1. The highest BCUT2D eigenvalue weighted by Crippen LogP contribution is 2.28. The molecule has 1 aromatic carbocycles. The summed E-state index contributed by atoms with van der Waals surface area (Å²) >= 11 is 7.56. The van der Waals surface area contributed by atoms with E-state index in [4.69, 9.17) is 11.6 Å². The van der Waals surface area contributed by atoms with Crippen LogP contribution in [-0.4, -0.2) is 16.6 Å². The molecule has 8 heteroatoms. The van der Waals surface area contributed by atoms with Crippen molar-refractivity contribution in [3.05, 3.63) is 58.4 Å². The number of carbonyl (C=O) groups is 1. The molecule has 128 valence electrons. The van der Waals surface area contributed by atoms with Gasteiger partial charge in [0.05, 0.1) is 0 Å². The predicted octanol–water partition coefficient (Wildman–Crippen LogP) is 4.80. The van der Waals surface area contributed by atoms with Gasteiger partial charge in [-0.05, 0) is 41.6 Å². The number of benzene rings is 1. The molecular formula is C16H14ClF3N2OS. The standard InChI is InChI=1S/C16H14ClF3N2OS/c1-2-24-13-4-3-12(17)7-11(13)9-22-15(23)10-5-6-21-14(8-10)16(18,19)20/h3-8H,2,9H2,1H3,(H,22,23). The van der Waals surface area contributed by atoms with Crippen molar-refractivity contribution < 1.29 is 18.0 Å². The van der Waals surface area contributed by atoms with E-state index in [9.17, 15) is 18.0 Å². The first-order valence-corrected chi connectivity index (χ1v) is 8.40. The minimum Gasteiger partial charge on any atom is -0.348 e. The summed E-state index contributed by atoms with van der Waals surface area (Å²) in [7, 11) is 0. The molecule has 2 aromatic rings. The molecule has 0 aliphatic rings. The van der Waals surface area contributed by atoms with Crippen LogP contribution in [0.1, 0.15) is 28.5 Å². The van der Waals surface area contributed by atoms with Crippen molar-refractivity contribution in [2.45, 2.75) is 24.5 Å². The maximum atomic E-state index is 12.7. The van der Waals surface area contributed by atoms with Crippen LogP contribution in [0.3, 0.4) is 0 Å². The number of carbonyl (C=O) groups excluding carboxylic acids is 1. The summed E-state index contributed by atoms with van der Waals surface area (Å²) in [5.74, 6) is 0.248. The lowest BCUT2D eigenvalue weighted by atomic mass is 10.2. The fourth-order valence-corrected chi connectivity index (χ4v) is 2.97. The van der Waals surface area contributed by atoms with Gasteiger partial charge in [0.1, 0.15) is 5.69 Å². The largest absolute Gasteiger partial charge is 0.433 e. The van der Waals surface area contributed by atoms with Crippen molar-refractivity contribution in [3.63, 3.8) is 0 Å². The summed E-state index contributed by atoms with van der Waals surface area (Å²) in [5, 5.41) is 3.14. The van der Waals surface area contributed by atoms with Gasteiger partial charge in [-0.2, -0.15) is 13.2 Å². The second kappa shape index (κ2) is 7.90. The van der Waals surface area contributed by atoms with Crippen LogP contribution >= 0.6 is 23.4 Å². The Labute approximate surface area is 146 Å². The molecule has 0 saturated heterocycles. The molecule has 1 heterocycles. The zero-order valence-electron chi connectivity index (χ0n) is 12.7. The Morgan fingerprint density at radius 1 is 1.29 bits per heavy atom. The molecule has 0 fully saturated rings. The fourth-order valence-electron chi connectivity index (χ4n) is 1.99. The molecular weight excluding hydrogens is 361 g/mol. The highest BCUT2D eigenvalue weighted by atomic mass is 35.5. The first-order chi connectivity index (χ1) is 11.3. The number of nitrogens with one attached hydrogen (secondary N) is 1. The summed E-state index contributed by atoms with van der Waals surface area (Å²) in [5.41, 5.74) is -0.378. The maximum Gasteiger partial charge on any atom is 0.433 e. The molecule has 0 bridgehead atoms. The number of hydrogen-bond acceptors (Lipinski definition) is 3. The maximum absolute atomic E-state index is 12.7. The summed E-state index contributed by atoms with van der Waals surface area (Å²) in [6.45, 7) is 2.17. The Morgan fingerprint density at radius 2 is 2.04 bits per heavy atom. The normalized spacial score (nSPS) is 11.4. The van der Waals surface area contributed by atoms with Gasteiger partial charge < -0.3 is 5.32 Å². The summed E-state index contributed by atoms with van der Waals surface area (Å²) < 4.78 is 38.0. The van der Waals surface area contributed by atoms with E-state index in [0.717, 1.165) is 28.5 Å². The van der Waals surface area contributed by atoms with Crippen LogP contribution in [0.15, 0.2) is 41.4 Å². The molecule has 0 radical (unpaired) electrons. The van der Waals surface area contributed by atoms with Crippen LogP contribution in [0, 0.1) is 0 Å². The van der Waals surface area contributed by atoms with Gasteiger partial charge in [0.15, 0.2) is 0 Å². The Morgan fingerprint density at radius 3 is 2.71 bits per heavy atom. The van der Waals surface area contributed by atoms with Gasteiger partial charge in [0.25, 0.3) is 5.91 Å². The quantitative estimate of drug-likeness (QED) is 0.765. The lowest BCUT2D eigenvalue weighted by Gasteiger charge is -2.11. The van der Waals surface area contributed by atoms with Gasteiger partial charge in [-0.25, -0.2) is 0 Å². The monoisotopic (exact) mass is 374 g/mol. The van der Waals surface area contributed by atoms with E-state index >= 15 is 0 Å². The first kappa shape index (κ1) is 18.6. The van der Waals surface area contributed by atoms with E-state index in [1.807, 2.05) is 13.0 Å². The van der Waals surface area contributed by atoms with Gasteiger partial charge in [-0.15, -0.1) is 11.8 Å². The van der Waals surface area contributed by atoms with Crippen molar-refractivity contribution >= 4 is 29.3 Å². The molecule has 1 N–H and O–H groups in total. The molecule has 0 aliphatic heterocycles. The van der Waals surface area contributed by atoms with E-state index in [-0.39, 0.29) is 12.1 Å². The first-order valence-electron chi connectivity index (χ1n) is 7.04. The number of nitrogens with zero attached hydrogens (tertiary/aromatic N) is 1. The minimum absolute atomic E-state index is 0.0935. The number of thioether (sulfide) groups is 1. The zero-order valence-corrected chi connectivity index (χ0v) is 14.2. The van der Waals surface area contributed by atoms with Crippen LogP contribution in [0.4, 0.5) is 13.2 Å². The third-order valence-corrected chi connectivity index (χ3v) is 4.31. The van der Waals surface area contributed by atoms with Gasteiger partial charge >= 0.3 is 6.18 Å². The number of alkyl halides is 3. The molecule has 1 amide bonds. The van der Waals surface area contributed by atoms with Crippen molar-refractivity contribution in [1.82, 2.24) is 10.3 Å². The minimum atomic E-state index is -4.59. The zero-order chi connectivity index (χ0) is 17.7. The summed E-state index contributed by atoms with van der Waals surface area (Å²) in [6.07, 6.45) is -3.62. The van der Waals surface area contributed by atoms with Crippen LogP contribution in [0.5, 0.6) is 0 Å². The summed E-state index contributed by atoms with van der Waals surface area (Å²) in [4.78, 5) is 16.3. The number of amides is 1. The molecule has 1 aromatic heterocycles. The van der Waals surface area contributed by atoms with Gasteiger partial charge in [-0.1, -0.05) is 18.5 Å². The Hall–Kier alpha value is -1.73. The van der Waals surface area contributed by atoms with E-state index in [2.05, 4.69) is 10.3 Å². The SMILES string of the molecule is CCSc1ccc(Cl)cc1CNC(=O)c1ccnc(C(F)(F)F)c1. The second-order valence-electron chi connectivity index (χ2n) is 4.80. The van der Waals surface area contributed by atoms with E-state index in [1.54, 1.807) is 23.9 Å². The Bertz CT molecular complexity index is 738. The molecule has 2 rings (SSSR count). The highest BCUT2D eigenvalue weighted by Gasteiger charge is 2.32. The third kappa shape index (κ3) is 4.88. The molecule has 0 saturated carbocycles. The summed E-state index contributed by atoms with van der Waals surface area (Å²) in [6, 6.07) is 7.31. The number of halogens is 4. The molecule has 0 unspecified atom stereocenters. The molecule has 3 nitrogen and oxygen atoms in total. The number of rotatable bonds is 5. The topological polar surface area (TPSA) is 42.0 Å². The van der Waals surface area contributed by atoms with Crippen LogP contribution < -0.4 is 5.32 Å². The van der Waals surface area contributed by atoms with Crippen molar-refractivity contribution in [1.29, 1.82) is 0 Å². The van der Waals surface area contributed by atoms with Gasteiger partial charge in [-0.3, -0.25) is 9.78 Å². The number of pyridine rings is 1. The number of aromatic nitrogens is 1. The van der Waals surface area contributed by atoms with Gasteiger partial charge in [0, 0.05) is 28.2 Å². The highest BCUT2D eigenvalue weighted by molar-refractivity contribution is 7.99. The smallest absolute Gasteiger partial charge is 0.348 e. The molecule has 0 atom stereocenters. The average molecular weight is 375 g/mol. The van der Waals surface area contributed by atoms with Crippen molar-refractivity contribution in [2.24, 2.45) is 0 Å². The van der Waals surface area contributed by atoms with E-state index in [1.165, 1.54) is 6.07 Å². The molecule has 24 heavy (non-hydrogen) atoms. The Balaban J connectivity index is 2.13. The second-order valence-corrected chi connectivity index (χ2v) is 6.54. The fraction of sp³-hybridized carbons (Fsp3) is 0.250. The van der Waals surface area contributed by atoms with Crippen molar-refractivity contribution in [3.8, 4) is 0 Å². The van der Waals surface area contributed by atoms with E-state index < -0.39 is 17.8 Å². The van der Waals surface area contributed by atoms with Crippen LogP contribution in [0.25, 0.3) is 0 Å². The lowest BCUT2D eigenvalue weighted by Crippen LogP contribution is -2.24. The molecule has 0 aliphatic carbocycles. The van der Waals surface area contributed by atoms with E-state index in [0.29, 0.717) is 5.02 Å². The molecule has 0 spiro atoms. The lowest BCUT2D eigenvalue weighted by molar-refractivity contribution is -0.141. The van der Waals surface area contributed by atoms with Crippen molar-refractivity contribution in [2.75, 3.05) is 5.75 Å². The van der Waals surface area contributed by atoms with Crippen LogP contribution in [-0.2, 0) is 12.7 Å². The Kier molecular flexibility index (Phi) is 6.12. The third-order valence-electron chi connectivity index (χ3n) is 3.07. The predicted molar refractivity (Wildman–Crippen MR) is 88.3 cm³/mol. The van der Waals surface area contributed by atoms with Gasteiger partial charge in [0.2, 0.25) is 0 Å². The van der Waals surface area contributed by atoms with Crippen LogP contribution in [0.2, 0.25) is 5.02 Å².